The Morgan fingerprint density at radius 3 is 2.31 bits per heavy atom. The first-order valence-electron chi connectivity index (χ1n) is 4.17. The fraction of sp³-hybridized carbons (Fsp3) is 0.200. The van der Waals surface area contributed by atoms with E-state index in [4.69, 9.17) is 5.11 Å². The zero-order valence-electron chi connectivity index (χ0n) is 11.2. The summed E-state index contributed by atoms with van der Waals surface area (Å²) in [5.74, 6) is 0. The Hall–Kier alpha value is 0.0897. The molecule has 0 aliphatic heterocycles. The molecule has 0 spiro atoms. The first-order chi connectivity index (χ1) is 7.17. The van der Waals surface area contributed by atoms with Crippen LogP contribution >= 0.6 is 0 Å². The standard InChI is InChI=1S/C9H10O3S.CH4O.Ca.2H/c1-2-8-12-13(10,11)9-6-4-3-5-7-9;1-2;;;/h2-7H,1,8H2;2H,1H3;;;/q;;+2;2*-1. The van der Waals surface area contributed by atoms with Crippen LogP contribution in [0.5, 0.6) is 0 Å². The molecule has 1 N–H and O–H groups in total. The van der Waals surface area contributed by atoms with Crippen molar-refractivity contribution >= 4 is 47.9 Å². The Bertz CT molecular complexity index is 384. The van der Waals surface area contributed by atoms with E-state index in [0.717, 1.165) is 7.11 Å². The summed E-state index contributed by atoms with van der Waals surface area (Å²) >= 11 is 0. The van der Waals surface area contributed by atoms with Crippen molar-refractivity contribution in [2.75, 3.05) is 13.7 Å². The van der Waals surface area contributed by atoms with Gasteiger partial charge in [-0.1, -0.05) is 24.3 Å². The Morgan fingerprint density at radius 1 is 1.38 bits per heavy atom. The summed E-state index contributed by atoms with van der Waals surface area (Å²) in [6, 6.07) is 8.00. The van der Waals surface area contributed by atoms with Crippen LogP contribution in [0.25, 0.3) is 0 Å². The molecule has 0 saturated heterocycles. The normalized spacial score (nSPS) is 9.38. The topological polar surface area (TPSA) is 63.6 Å². The number of aliphatic hydroxyl groups is 1. The van der Waals surface area contributed by atoms with Gasteiger partial charge in [-0.05, 0) is 12.1 Å². The predicted octanol–water partition coefficient (Wildman–Crippen LogP) is 1.03. The molecule has 0 bridgehead atoms. The van der Waals surface area contributed by atoms with Crippen molar-refractivity contribution in [1.29, 1.82) is 0 Å². The van der Waals surface area contributed by atoms with E-state index in [1.807, 2.05) is 0 Å². The van der Waals surface area contributed by atoms with Crippen LogP contribution in [-0.4, -0.2) is 65.0 Å². The van der Waals surface area contributed by atoms with Crippen molar-refractivity contribution in [1.82, 2.24) is 0 Å². The molecule has 0 saturated carbocycles. The number of benzene rings is 1. The summed E-state index contributed by atoms with van der Waals surface area (Å²) in [4.78, 5) is 0.164. The Balaban J connectivity index is -0.000000186. The van der Waals surface area contributed by atoms with Gasteiger partial charge in [0.25, 0.3) is 10.1 Å². The minimum absolute atomic E-state index is 0. The van der Waals surface area contributed by atoms with Crippen LogP contribution in [0.1, 0.15) is 2.85 Å². The van der Waals surface area contributed by atoms with Gasteiger partial charge in [0.15, 0.2) is 0 Å². The van der Waals surface area contributed by atoms with Crippen LogP contribution in [0, 0.1) is 0 Å². The molecule has 0 amide bonds. The van der Waals surface area contributed by atoms with Gasteiger partial charge in [0.05, 0.1) is 11.5 Å². The van der Waals surface area contributed by atoms with Crippen molar-refractivity contribution in [3.8, 4) is 0 Å². The number of rotatable bonds is 4. The van der Waals surface area contributed by atoms with Crippen LogP contribution < -0.4 is 0 Å². The van der Waals surface area contributed by atoms with Crippen molar-refractivity contribution in [3.05, 3.63) is 43.0 Å². The minimum Gasteiger partial charge on any atom is -1.00 e. The SMILES string of the molecule is C=CCOS(=O)(=O)c1ccccc1.CO.[Ca+2].[H-].[H-]. The maximum absolute atomic E-state index is 11.3. The van der Waals surface area contributed by atoms with Crippen LogP contribution in [-0.2, 0) is 14.3 Å². The van der Waals surface area contributed by atoms with E-state index in [0.29, 0.717) is 0 Å². The molecule has 0 aromatic heterocycles. The quantitative estimate of drug-likeness (QED) is 0.505. The zero-order chi connectivity index (χ0) is 11.7. The monoisotopic (exact) mass is 272 g/mol. The van der Waals surface area contributed by atoms with Crippen LogP contribution in [0.2, 0.25) is 0 Å². The molecular weight excluding hydrogens is 256 g/mol. The van der Waals surface area contributed by atoms with E-state index in [2.05, 4.69) is 10.8 Å². The number of aliphatic hydroxyl groups excluding tert-OH is 1. The maximum Gasteiger partial charge on any atom is 2.00 e. The van der Waals surface area contributed by atoms with Gasteiger partial charge < -0.3 is 7.96 Å². The van der Waals surface area contributed by atoms with Crippen LogP contribution in [0.4, 0.5) is 0 Å². The van der Waals surface area contributed by atoms with Gasteiger partial charge >= 0.3 is 37.7 Å². The molecule has 1 aromatic rings. The molecule has 1 rings (SSSR count). The van der Waals surface area contributed by atoms with Gasteiger partial charge in [0.2, 0.25) is 0 Å². The molecule has 0 atom stereocenters. The third-order valence-electron chi connectivity index (χ3n) is 1.37. The largest absolute Gasteiger partial charge is 2.00 e. The van der Waals surface area contributed by atoms with E-state index in [9.17, 15) is 8.42 Å². The predicted molar refractivity (Wildman–Crippen MR) is 65.9 cm³/mol. The summed E-state index contributed by atoms with van der Waals surface area (Å²) in [7, 11) is -2.59. The van der Waals surface area contributed by atoms with Crippen molar-refractivity contribution in [2.24, 2.45) is 0 Å². The molecule has 0 fully saturated rings. The summed E-state index contributed by atoms with van der Waals surface area (Å²) in [5.41, 5.74) is 0. The van der Waals surface area contributed by atoms with E-state index in [1.165, 1.54) is 18.2 Å². The minimum atomic E-state index is -3.59. The second-order valence-electron chi connectivity index (χ2n) is 2.34. The smallest absolute Gasteiger partial charge is 1.00 e. The molecule has 1 aromatic carbocycles. The third-order valence-corrected chi connectivity index (χ3v) is 2.67. The van der Waals surface area contributed by atoms with Crippen LogP contribution in [0.15, 0.2) is 47.9 Å². The second-order valence-corrected chi connectivity index (χ2v) is 3.96. The molecule has 16 heavy (non-hydrogen) atoms. The number of hydrogen-bond donors (Lipinski definition) is 1. The fourth-order valence-corrected chi connectivity index (χ4v) is 1.69. The first-order valence-corrected chi connectivity index (χ1v) is 5.58. The molecule has 0 radical (unpaired) electrons. The first kappa shape index (κ1) is 18.5. The van der Waals surface area contributed by atoms with Gasteiger partial charge in [-0.3, -0.25) is 4.18 Å². The zero-order valence-corrected chi connectivity index (χ0v) is 12.2. The summed E-state index contributed by atoms with van der Waals surface area (Å²) < 4.78 is 27.3. The van der Waals surface area contributed by atoms with E-state index < -0.39 is 10.1 Å². The van der Waals surface area contributed by atoms with Crippen molar-refractivity contribution in [3.63, 3.8) is 0 Å². The Labute approximate surface area is 129 Å². The molecule has 0 aliphatic carbocycles. The van der Waals surface area contributed by atoms with Gasteiger partial charge in [-0.2, -0.15) is 8.42 Å². The summed E-state index contributed by atoms with van der Waals surface area (Å²) in [6.07, 6.45) is 1.39. The Kier molecular flexibility index (Phi) is 11.8. The molecular formula is C10H16CaO4S. The molecule has 6 heteroatoms. The van der Waals surface area contributed by atoms with Crippen molar-refractivity contribution in [2.45, 2.75) is 4.90 Å². The summed E-state index contributed by atoms with van der Waals surface area (Å²) in [5, 5.41) is 7.00. The average Bonchev–Trinajstić information content (AvgIpc) is 2.30. The van der Waals surface area contributed by atoms with Gasteiger partial charge in [-0.25, -0.2) is 0 Å². The average molecular weight is 272 g/mol. The van der Waals surface area contributed by atoms with E-state index in [1.54, 1.807) is 18.2 Å². The Morgan fingerprint density at radius 2 is 1.88 bits per heavy atom. The second kappa shape index (κ2) is 10.3. The molecule has 4 nitrogen and oxygen atoms in total. The van der Waals surface area contributed by atoms with Gasteiger partial charge in [-0.15, -0.1) is 6.58 Å². The summed E-state index contributed by atoms with van der Waals surface area (Å²) in [6.45, 7) is 3.37. The van der Waals surface area contributed by atoms with Gasteiger partial charge in [0, 0.05) is 7.11 Å². The maximum atomic E-state index is 11.3. The molecule has 88 valence electrons. The van der Waals surface area contributed by atoms with Crippen molar-refractivity contribution < 1.29 is 20.6 Å². The molecule has 0 unspecified atom stereocenters. The van der Waals surface area contributed by atoms with Crippen LogP contribution in [0.3, 0.4) is 0 Å². The molecule has 0 aliphatic rings. The third kappa shape index (κ3) is 6.62. The van der Waals surface area contributed by atoms with Gasteiger partial charge in [0.1, 0.15) is 0 Å². The molecule has 0 heterocycles. The number of hydrogen-bond acceptors (Lipinski definition) is 4. The fourth-order valence-electron chi connectivity index (χ4n) is 0.793. The van der Waals surface area contributed by atoms with E-state index in [-0.39, 0.29) is 52.1 Å². The van der Waals surface area contributed by atoms with E-state index >= 15 is 0 Å².